The van der Waals surface area contributed by atoms with Crippen LogP contribution in [-0.4, -0.2) is 38.1 Å². The number of nitrogens with one attached hydrogen (secondary N) is 2. The molecule has 1 unspecified atom stereocenters. The summed E-state index contributed by atoms with van der Waals surface area (Å²) in [5.74, 6) is 0.381. The summed E-state index contributed by atoms with van der Waals surface area (Å²) in [6.07, 6.45) is 2.28. The van der Waals surface area contributed by atoms with Gasteiger partial charge in [0.1, 0.15) is 17.6 Å². The van der Waals surface area contributed by atoms with Gasteiger partial charge in [0.25, 0.3) is 5.91 Å². The number of hydrogen-bond acceptors (Lipinski definition) is 5. The first-order valence-corrected chi connectivity index (χ1v) is 7.53. The van der Waals surface area contributed by atoms with E-state index in [1.165, 1.54) is 17.1 Å². The van der Waals surface area contributed by atoms with Crippen molar-refractivity contribution in [3.63, 3.8) is 0 Å². The molecule has 0 aliphatic rings. The van der Waals surface area contributed by atoms with Crippen LogP contribution in [-0.2, 0) is 11.3 Å². The average Bonchev–Trinajstić information content (AvgIpc) is 2.91. The molecule has 124 valence electrons. The van der Waals surface area contributed by atoms with E-state index in [0.717, 1.165) is 0 Å². The fourth-order valence-electron chi connectivity index (χ4n) is 2.30. The molecule has 0 saturated carbocycles. The lowest BCUT2D eigenvalue weighted by Crippen LogP contribution is -2.38. The van der Waals surface area contributed by atoms with Crippen molar-refractivity contribution in [1.82, 2.24) is 24.8 Å². The van der Waals surface area contributed by atoms with Crippen molar-refractivity contribution in [1.29, 1.82) is 0 Å². The number of ether oxygens (including phenoxy) is 1. The molecule has 24 heavy (non-hydrogen) atoms. The van der Waals surface area contributed by atoms with Crippen molar-refractivity contribution >= 4 is 17.1 Å². The lowest BCUT2D eigenvalue weighted by atomic mass is 10.3. The predicted molar refractivity (Wildman–Crippen MR) is 87.7 cm³/mol. The molecule has 1 amide bonds. The highest BCUT2D eigenvalue weighted by Crippen LogP contribution is 2.10. The lowest BCUT2D eigenvalue weighted by molar-refractivity contribution is -0.127. The SMILES string of the molecule is CC(Oc1ccccc1)C(=O)NCCn1c(=O)[nH]c2cncnc21. The predicted octanol–water partition coefficient (Wildman–Crippen LogP) is 0.703. The first-order chi connectivity index (χ1) is 11.6. The first kappa shape index (κ1) is 15.7. The van der Waals surface area contributed by atoms with E-state index in [1.807, 2.05) is 18.2 Å². The maximum Gasteiger partial charge on any atom is 0.327 e. The lowest BCUT2D eigenvalue weighted by Gasteiger charge is -2.14. The van der Waals surface area contributed by atoms with Gasteiger partial charge in [-0.3, -0.25) is 9.36 Å². The van der Waals surface area contributed by atoms with E-state index < -0.39 is 6.10 Å². The van der Waals surface area contributed by atoms with Gasteiger partial charge in [0.05, 0.1) is 6.20 Å². The highest BCUT2D eigenvalue weighted by atomic mass is 16.5. The number of rotatable bonds is 6. The average molecular weight is 327 g/mol. The van der Waals surface area contributed by atoms with Crippen LogP contribution in [0.15, 0.2) is 47.7 Å². The Morgan fingerprint density at radius 3 is 2.96 bits per heavy atom. The van der Waals surface area contributed by atoms with Gasteiger partial charge in [-0.05, 0) is 19.1 Å². The van der Waals surface area contributed by atoms with Crippen molar-refractivity contribution in [2.45, 2.75) is 19.6 Å². The van der Waals surface area contributed by atoms with E-state index in [-0.39, 0.29) is 18.1 Å². The molecule has 0 bridgehead atoms. The van der Waals surface area contributed by atoms with Gasteiger partial charge in [-0.2, -0.15) is 0 Å². The molecular weight excluding hydrogens is 310 g/mol. The quantitative estimate of drug-likeness (QED) is 0.694. The van der Waals surface area contributed by atoms with E-state index in [2.05, 4.69) is 20.3 Å². The van der Waals surface area contributed by atoms with Crippen molar-refractivity contribution < 1.29 is 9.53 Å². The summed E-state index contributed by atoms with van der Waals surface area (Å²) in [5.41, 5.74) is 0.792. The van der Waals surface area contributed by atoms with Crippen LogP contribution in [0.3, 0.4) is 0 Å². The van der Waals surface area contributed by atoms with E-state index in [4.69, 9.17) is 4.74 Å². The van der Waals surface area contributed by atoms with E-state index >= 15 is 0 Å². The molecule has 2 heterocycles. The molecule has 3 aromatic rings. The van der Waals surface area contributed by atoms with Gasteiger partial charge < -0.3 is 15.0 Å². The summed E-state index contributed by atoms with van der Waals surface area (Å²) in [7, 11) is 0. The van der Waals surface area contributed by atoms with Crippen LogP contribution in [0.2, 0.25) is 0 Å². The molecule has 0 saturated heterocycles. The Balaban J connectivity index is 1.56. The van der Waals surface area contributed by atoms with Crippen molar-refractivity contribution in [3.05, 3.63) is 53.3 Å². The maximum absolute atomic E-state index is 12.1. The monoisotopic (exact) mass is 327 g/mol. The van der Waals surface area contributed by atoms with Crippen molar-refractivity contribution in [2.75, 3.05) is 6.54 Å². The third-order valence-electron chi connectivity index (χ3n) is 3.49. The molecule has 8 nitrogen and oxygen atoms in total. The van der Waals surface area contributed by atoms with Crippen molar-refractivity contribution in [3.8, 4) is 5.75 Å². The van der Waals surface area contributed by atoms with Gasteiger partial charge in [-0.15, -0.1) is 0 Å². The third kappa shape index (κ3) is 3.43. The zero-order chi connectivity index (χ0) is 16.9. The molecule has 2 N–H and O–H groups in total. The van der Waals surface area contributed by atoms with Gasteiger partial charge in [-0.25, -0.2) is 14.8 Å². The molecule has 0 spiro atoms. The minimum absolute atomic E-state index is 0.249. The van der Waals surface area contributed by atoms with Crippen LogP contribution in [0.25, 0.3) is 11.2 Å². The number of carbonyl (C=O) groups excluding carboxylic acids is 1. The molecule has 3 rings (SSSR count). The van der Waals surface area contributed by atoms with Crippen LogP contribution >= 0.6 is 0 Å². The number of H-pyrrole nitrogens is 1. The molecular formula is C16H17N5O3. The molecule has 0 aliphatic heterocycles. The normalized spacial score (nSPS) is 12.0. The van der Waals surface area contributed by atoms with Crippen LogP contribution in [0.1, 0.15) is 6.92 Å². The smallest absolute Gasteiger partial charge is 0.327 e. The Hall–Kier alpha value is -3.16. The Morgan fingerprint density at radius 1 is 1.38 bits per heavy atom. The van der Waals surface area contributed by atoms with E-state index in [0.29, 0.717) is 23.5 Å². The second-order valence-electron chi connectivity index (χ2n) is 5.21. The number of fused-ring (bicyclic) bond motifs is 1. The van der Waals surface area contributed by atoms with Crippen LogP contribution in [0.5, 0.6) is 5.75 Å². The fraction of sp³-hybridized carbons (Fsp3) is 0.250. The molecule has 0 aliphatic carbocycles. The van der Waals surface area contributed by atoms with Gasteiger partial charge in [0, 0.05) is 13.1 Å². The summed E-state index contributed by atoms with van der Waals surface area (Å²) < 4.78 is 7.01. The zero-order valence-corrected chi connectivity index (χ0v) is 13.1. The molecule has 8 heteroatoms. The van der Waals surface area contributed by atoms with Crippen LogP contribution < -0.4 is 15.7 Å². The Labute approximate surface area is 137 Å². The topological polar surface area (TPSA) is 102 Å². The molecule has 1 aromatic carbocycles. The summed E-state index contributed by atoms with van der Waals surface area (Å²) >= 11 is 0. The number of aromatic nitrogens is 4. The Bertz CT molecular complexity index is 887. The molecule has 2 aromatic heterocycles. The summed E-state index contributed by atoms with van der Waals surface area (Å²) in [6.45, 7) is 2.27. The molecule has 1 atom stereocenters. The number of aromatic amines is 1. The number of hydrogen-bond donors (Lipinski definition) is 2. The van der Waals surface area contributed by atoms with Gasteiger partial charge in [0.15, 0.2) is 11.8 Å². The highest BCUT2D eigenvalue weighted by molar-refractivity contribution is 5.80. The summed E-state index contributed by atoms with van der Waals surface area (Å²) in [6, 6.07) is 9.13. The van der Waals surface area contributed by atoms with E-state index in [1.54, 1.807) is 19.1 Å². The number of carbonyl (C=O) groups is 1. The van der Waals surface area contributed by atoms with E-state index in [9.17, 15) is 9.59 Å². The zero-order valence-electron chi connectivity index (χ0n) is 13.1. The van der Waals surface area contributed by atoms with Gasteiger partial charge in [-0.1, -0.05) is 18.2 Å². The van der Waals surface area contributed by atoms with Crippen LogP contribution in [0.4, 0.5) is 0 Å². The third-order valence-corrected chi connectivity index (χ3v) is 3.49. The number of para-hydroxylation sites is 1. The van der Waals surface area contributed by atoms with Gasteiger partial charge >= 0.3 is 5.69 Å². The Kier molecular flexibility index (Phi) is 4.55. The number of amides is 1. The molecule has 0 radical (unpaired) electrons. The van der Waals surface area contributed by atoms with Crippen molar-refractivity contribution in [2.24, 2.45) is 0 Å². The minimum atomic E-state index is -0.630. The second-order valence-corrected chi connectivity index (χ2v) is 5.21. The summed E-state index contributed by atoms with van der Waals surface area (Å²) in [4.78, 5) is 34.6. The second kappa shape index (κ2) is 6.95. The van der Waals surface area contributed by atoms with Crippen LogP contribution in [0, 0.1) is 0 Å². The first-order valence-electron chi connectivity index (χ1n) is 7.53. The highest BCUT2D eigenvalue weighted by Gasteiger charge is 2.14. The maximum atomic E-state index is 12.1. The number of imidazole rings is 1. The molecule has 0 fully saturated rings. The van der Waals surface area contributed by atoms with Gasteiger partial charge in [0.2, 0.25) is 0 Å². The fourth-order valence-corrected chi connectivity index (χ4v) is 2.30. The Morgan fingerprint density at radius 2 is 2.17 bits per heavy atom. The largest absolute Gasteiger partial charge is 0.481 e. The number of benzene rings is 1. The minimum Gasteiger partial charge on any atom is -0.481 e. The number of nitrogens with zero attached hydrogens (tertiary/aromatic N) is 3. The summed E-state index contributed by atoms with van der Waals surface area (Å²) in [5, 5.41) is 2.75. The standard InChI is InChI=1S/C16H17N5O3/c1-11(24-12-5-3-2-4-6-12)15(22)18-7-8-21-14-13(20-16(21)23)9-17-10-19-14/h2-6,9-11H,7-8H2,1H3,(H,18,22)(H,20,23).